The van der Waals surface area contributed by atoms with Gasteiger partial charge in [0.2, 0.25) is 5.91 Å². The highest BCUT2D eigenvalue weighted by Crippen LogP contribution is 2.38. The molecule has 0 spiro atoms. The summed E-state index contributed by atoms with van der Waals surface area (Å²) in [7, 11) is 0. The molecule has 1 aromatic heterocycles. The third-order valence-electron chi connectivity index (χ3n) is 4.39. The van der Waals surface area contributed by atoms with Gasteiger partial charge in [0.1, 0.15) is 11.9 Å². The number of rotatable bonds is 3. The van der Waals surface area contributed by atoms with Crippen molar-refractivity contribution in [3.63, 3.8) is 0 Å². The lowest BCUT2D eigenvalue weighted by molar-refractivity contribution is -0.134. The zero-order valence-corrected chi connectivity index (χ0v) is 16.3. The summed E-state index contributed by atoms with van der Waals surface area (Å²) in [5.74, 6) is 0.0948. The maximum absolute atomic E-state index is 12.9. The lowest BCUT2D eigenvalue weighted by Crippen LogP contribution is -2.58. The number of nitrogen functional groups attached to an aromatic ring is 1. The number of carbonyl (C=O) groups is 2. The van der Waals surface area contributed by atoms with Crippen LogP contribution in [-0.2, 0) is 9.59 Å². The Hall–Kier alpha value is -2.80. The van der Waals surface area contributed by atoms with Crippen LogP contribution in [0.25, 0.3) is 0 Å². The molecule has 1 unspecified atom stereocenters. The minimum absolute atomic E-state index is 0.226. The summed E-state index contributed by atoms with van der Waals surface area (Å²) in [4.78, 5) is 31.3. The summed E-state index contributed by atoms with van der Waals surface area (Å²) < 4.78 is 5.74. The highest BCUT2D eigenvalue weighted by molar-refractivity contribution is 6.31. The highest BCUT2D eigenvalue weighted by atomic mass is 35.5. The Labute approximate surface area is 162 Å². The van der Waals surface area contributed by atoms with Gasteiger partial charge in [-0.05, 0) is 57.5 Å². The molecule has 0 radical (unpaired) electrons. The zero-order chi connectivity index (χ0) is 19.9. The van der Waals surface area contributed by atoms with Crippen molar-refractivity contribution < 1.29 is 14.3 Å². The van der Waals surface area contributed by atoms with Crippen LogP contribution in [-0.4, -0.2) is 28.4 Å². The van der Waals surface area contributed by atoms with Gasteiger partial charge in [0.25, 0.3) is 5.91 Å². The van der Waals surface area contributed by atoms with Gasteiger partial charge in [0.15, 0.2) is 17.2 Å². The topological polar surface area (TPSA) is 97.5 Å². The fraction of sp³-hybridized carbons (Fsp3) is 0.316. The van der Waals surface area contributed by atoms with E-state index in [1.54, 1.807) is 45.0 Å². The van der Waals surface area contributed by atoms with Gasteiger partial charge in [0, 0.05) is 10.7 Å². The molecule has 3 rings (SSSR count). The van der Waals surface area contributed by atoms with Crippen LogP contribution in [0, 0.1) is 6.92 Å². The largest absolute Gasteiger partial charge is 0.474 e. The number of fused-ring (bicyclic) bond motifs is 1. The Bertz CT molecular complexity index is 929. The third-order valence-corrected chi connectivity index (χ3v) is 4.80. The van der Waals surface area contributed by atoms with Gasteiger partial charge >= 0.3 is 0 Å². The molecule has 1 aliphatic heterocycles. The summed E-state index contributed by atoms with van der Waals surface area (Å²) in [5, 5.41) is 3.33. The Morgan fingerprint density at radius 1 is 1.33 bits per heavy atom. The molecule has 1 aliphatic rings. The maximum atomic E-state index is 12.9. The maximum Gasteiger partial charge on any atom is 0.272 e. The molecule has 8 heteroatoms. The quantitative estimate of drug-likeness (QED) is 0.841. The van der Waals surface area contributed by atoms with Crippen molar-refractivity contribution in [1.82, 2.24) is 4.98 Å². The van der Waals surface area contributed by atoms with Gasteiger partial charge in [-0.1, -0.05) is 17.7 Å². The average molecular weight is 389 g/mol. The van der Waals surface area contributed by atoms with Crippen molar-refractivity contribution in [2.45, 2.75) is 39.3 Å². The fourth-order valence-corrected chi connectivity index (χ4v) is 2.98. The van der Waals surface area contributed by atoms with Crippen LogP contribution in [0.2, 0.25) is 5.02 Å². The molecule has 0 saturated heterocycles. The molecule has 1 aromatic carbocycles. The minimum Gasteiger partial charge on any atom is -0.474 e. The molecule has 142 valence electrons. The van der Waals surface area contributed by atoms with Crippen LogP contribution in [0.15, 0.2) is 30.3 Å². The van der Waals surface area contributed by atoms with Crippen LogP contribution < -0.4 is 20.7 Å². The molecule has 2 amide bonds. The molecular formula is C19H21ClN4O3. The first-order valence-corrected chi connectivity index (χ1v) is 8.84. The highest BCUT2D eigenvalue weighted by Gasteiger charge is 2.45. The first-order valence-electron chi connectivity index (χ1n) is 8.46. The zero-order valence-electron chi connectivity index (χ0n) is 15.5. The van der Waals surface area contributed by atoms with E-state index < -0.39 is 11.6 Å². The Kier molecular flexibility index (Phi) is 4.73. The molecule has 0 aliphatic carbocycles. The lowest BCUT2D eigenvalue weighted by atomic mass is 10.0. The minimum atomic E-state index is -1.13. The Morgan fingerprint density at radius 2 is 2.04 bits per heavy atom. The average Bonchev–Trinajstić information content (AvgIpc) is 2.59. The van der Waals surface area contributed by atoms with Crippen molar-refractivity contribution in [1.29, 1.82) is 0 Å². The molecular weight excluding hydrogens is 368 g/mol. The van der Waals surface area contributed by atoms with Gasteiger partial charge in [-0.3, -0.25) is 14.5 Å². The second-order valence-electron chi connectivity index (χ2n) is 6.97. The number of nitrogens with one attached hydrogen (secondary N) is 1. The van der Waals surface area contributed by atoms with Gasteiger partial charge in [-0.15, -0.1) is 0 Å². The predicted molar refractivity (Wildman–Crippen MR) is 105 cm³/mol. The monoisotopic (exact) mass is 388 g/mol. The molecule has 0 fully saturated rings. The van der Waals surface area contributed by atoms with Crippen LogP contribution in [0.4, 0.5) is 17.3 Å². The molecule has 0 bridgehead atoms. The number of carbonyl (C=O) groups excluding carboxylic acids is 2. The van der Waals surface area contributed by atoms with Gasteiger partial charge in [0.05, 0.1) is 0 Å². The molecule has 7 nitrogen and oxygen atoms in total. The number of aryl methyl sites for hydroxylation is 1. The number of hydrogen-bond donors (Lipinski definition) is 2. The number of aromatic nitrogens is 1. The fourth-order valence-electron chi connectivity index (χ4n) is 2.80. The summed E-state index contributed by atoms with van der Waals surface area (Å²) in [6.07, 6.45) is 0. The number of amides is 2. The normalized spacial score (nSPS) is 16.3. The predicted octanol–water partition coefficient (Wildman–Crippen LogP) is 3.16. The van der Waals surface area contributed by atoms with E-state index in [1.165, 1.54) is 4.90 Å². The molecule has 1 atom stereocenters. The number of ether oxygens (including phenoxy) is 1. The van der Waals surface area contributed by atoms with E-state index in [1.807, 2.05) is 13.0 Å². The summed E-state index contributed by atoms with van der Waals surface area (Å²) in [6, 6.07) is 7.61. The second-order valence-corrected chi connectivity index (χ2v) is 7.38. The van der Waals surface area contributed by atoms with E-state index in [0.717, 1.165) is 5.56 Å². The van der Waals surface area contributed by atoms with E-state index in [4.69, 9.17) is 22.1 Å². The Morgan fingerprint density at radius 3 is 2.70 bits per heavy atom. The number of benzene rings is 1. The van der Waals surface area contributed by atoms with E-state index in [-0.39, 0.29) is 23.5 Å². The number of anilines is 3. The first-order chi connectivity index (χ1) is 12.6. The van der Waals surface area contributed by atoms with E-state index in [0.29, 0.717) is 16.5 Å². The second kappa shape index (κ2) is 6.74. The van der Waals surface area contributed by atoms with E-state index in [2.05, 4.69) is 10.3 Å². The number of nitrogens with two attached hydrogens (primary N) is 1. The summed E-state index contributed by atoms with van der Waals surface area (Å²) >= 11 is 6.11. The van der Waals surface area contributed by atoms with Crippen molar-refractivity contribution in [2.24, 2.45) is 0 Å². The van der Waals surface area contributed by atoms with Gasteiger partial charge in [-0.2, -0.15) is 0 Å². The standard InChI is InChI=1S/C19H21ClN4O3/c1-10-5-6-12(9-13(10)20)22-17(25)11(2)24-16-14(7-8-15(21)23-16)27-19(3,4)18(24)26/h5-9,11H,1-4H3,(H2,21,23)(H,22,25). The van der Waals surface area contributed by atoms with Crippen LogP contribution in [0.1, 0.15) is 26.3 Å². The number of pyridine rings is 1. The molecule has 3 N–H and O–H groups in total. The first kappa shape index (κ1) is 19.0. The summed E-state index contributed by atoms with van der Waals surface area (Å²) in [6.45, 7) is 6.79. The van der Waals surface area contributed by atoms with Gasteiger partial charge in [-0.25, -0.2) is 4.98 Å². The van der Waals surface area contributed by atoms with Crippen LogP contribution >= 0.6 is 11.6 Å². The summed E-state index contributed by atoms with van der Waals surface area (Å²) in [5.41, 5.74) is 6.08. The number of hydrogen-bond acceptors (Lipinski definition) is 5. The van der Waals surface area contributed by atoms with Crippen molar-refractivity contribution in [2.75, 3.05) is 16.0 Å². The van der Waals surface area contributed by atoms with Crippen LogP contribution in [0.3, 0.4) is 0 Å². The molecule has 0 saturated carbocycles. The molecule has 27 heavy (non-hydrogen) atoms. The number of nitrogens with zero attached hydrogens (tertiary/aromatic N) is 2. The van der Waals surface area contributed by atoms with Gasteiger partial charge < -0.3 is 15.8 Å². The third kappa shape index (κ3) is 3.55. The lowest BCUT2D eigenvalue weighted by Gasteiger charge is -2.40. The van der Waals surface area contributed by atoms with Crippen molar-refractivity contribution in [3.8, 4) is 5.75 Å². The SMILES string of the molecule is Cc1ccc(NC(=O)C(C)N2C(=O)C(C)(C)Oc3ccc(N)nc32)cc1Cl. The Balaban J connectivity index is 1.93. The molecule has 2 aromatic rings. The van der Waals surface area contributed by atoms with Crippen LogP contribution in [0.5, 0.6) is 5.75 Å². The van der Waals surface area contributed by atoms with E-state index >= 15 is 0 Å². The smallest absolute Gasteiger partial charge is 0.272 e. The van der Waals surface area contributed by atoms with Crippen molar-refractivity contribution in [3.05, 3.63) is 40.9 Å². The number of halogens is 1. The van der Waals surface area contributed by atoms with E-state index in [9.17, 15) is 9.59 Å². The molecule has 2 heterocycles. The van der Waals surface area contributed by atoms with Crippen molar-refractivity contribution >= 4 is 40.7 Å².